The summed E-state index contributed by atoms with van der Waals surface area (Å²) >= 11 is 0. The van der Waals surface area contributed by atoms with Gasteiger partial charge in [0.05, 0.1) is 33.0 Å². The zero-order valence-electron chi connectivity index (χ0n) is 24.7. The number of hydrogen-bond acceptors (Lipinski definition) is 15. The minimum Gasteiger partial charge on any atom is -0.394 e. The van der Waals surface area contributed by atoms with Gasteiger partial charge in [-0.1, -0.05) is 5.11 Å². The highest BCUT2D eigenvalue weighted by Gasteiger charge is 2.45. The van der Waals surface area contributed by atoms with Crippen molar-refractivity contribution in [3.63, 3.8) is 0 Å². The summed E-state index contributed by atoms with van der Waals surface area (Å²) in [5.41, 5.74) is 9.31. The number of rotatable bonds is 16. The van der Waals surface area contributed by atoms with Gasteiger partial charge < -0.3 is 70.4 Å². The summed E-state index contributed by atoms with van der Waals surface area (Å²) < 4.78 is 21.3. The van der Waals surface area contributed by atoms with Gasteiger partial charge in [-0.25, -0.2) is 0 Å². The first kappa shape index (κ1) is 37.4. The number of nitrogens with zero attached hydrogens (tertiary/aromatic N) is 3. The molecule has 2 fully saturated rings. The summed E-state index contributed by atoms with van der Waals surface area (Å²) in [4.78, 5) is 28.4. The van der Waals surface area contributed by atoms with Gasteiger partial charge in [0.2, 0.25) is 0 Å². The van der Waals surface area contributed by atoms with Gasteiger partial charge in [0, 0.05) is 29.1 Å². The van der Waals surface area contributed by atoms with Crippen LogP contribution in [0.3, 0.4) is 0 Å². The summed E-state index contributed by atoms with van der Waals surface area (Å²) in [6.45, 7) is -1.15. The molecule has 0 saturated carbocycles. The molecule has 0 aromatic heterocycles. The maximum atomic E-state index is 12.8. The van der Waals surface area contributed by atoms with E-state index in [-0.39, 0.29) is 56.8 Å². The second kappa shape index (κ2) is 18.4. The third-order valence-corrected chi connectivity index (χ3v) is 7.31. The summed E-state index contributed by atoms with van der Waals surface area (Å²) in [7, 11) is 0. The average molecular weight is 660 g/mol. The number of carbonyl (C=O) groups is 2. The van der Waals surface area contributed by atoms with Crippen LogP contribution in [0.2, 0.25) is 0 Å². The first-order valence-corrected chi connectivity index (χ1v) is 14.6. The predicted molar refractivity (Wildman–Crippen MR) is 153 cm³/mol. The standard InChI is InChI=1S/C27H41N5O14/c28-32-31-10-13-7-14(24(41)29-3-1-5-43-26-22(39)20(37)18(35)16(11-33)45-26)9-15(8-13)25(42)30-4-2-6-44-27-23(40)21(38)19(36)17(12-34)46-27/h7-9,16-23,26-27,33-40H,1-6,10-12H2,(H,29,41)(H,30,42)/t16-,17-,18-,19-,20+,21+,22+,23+,26+,27+/m1/s1. The van der Waals surface area contributed by atoms with Crippen LogP contribution in [0, 0.1) is 0 Å². The number of hydrogen-bond donors (Lipinski definition) is 10. The van der Waals surface area contributed by atoms with Gasteiger partial charge >= 0.3 is 0 Å². The Morgan fingerprint density at radius 1 is 0.739 bits per heavy atom. The van der Waals surface area contributed by atoms with Crippen LogP contribution in [-0.2, 0) is 25.5 Å². The molecule has 0 unspecified atom stereocenters. The maximum Gasteiger partial charge on any atom is 0.251 e. The van der Waals surface area contributed by atoms with Gasteiger partial charge in [0.25, 0.3) is 11.8 Å². The third kappa shape index (κ3) is 9.99. The molecule has 19 heteroatoms. The van der Waals surface area contributed by atoms with E-state index in [1.807, 2.05) is 0 Å². The lowest BCUT2D eigenvalue weighted by Crippen LogP contribution is -2.59. The molecular weight excluding hydrogens is 618 g/mol. The number of carbonyl (C=O) groups excluding carboxylic acids is 2. The second-order valence-electron chi connectivity index (χ2n) is 10.7. The molecule has 0 bridgehead atoms. The van der Waals surface area contributed by atoms with Crippen LogP contribution >= 0.6 is 0 Å². The number of aliphatic hydroxyl groups is 8. The topological polar surface area (TPSA) is 306 Å². The molecule has 2 aliphatic heterocycles. The number of ether oxygens (including phenoxy) is 4. The van der Waals surface area contributed by atoms with Crippen LogP contribution in [0.5, 0.6) is 0 Å². The monoisotopic (exact) mass is 659 g/mol. The fourth-order valence-electron chi connectivity index (χ4n) is 4.72. The molecule has 19 nitrogen and oxygen atoms in total. The van der Waals surface area contributed by atoms with Crippen molar-refractivity contribution in [2.24, 2.45) is 5.11 Å². The minimum atomic E-state index is -1.58. The van der Waals surface area contributed by atoms with Crippen molar-refractivity contribution in [1.82, 2.24) is 10.6 Å². The summed E-state index contributed by atoms with van der Waals surface area (Å²) in [6.07, 6.45) is -13.6. The zero-order chi connectivity index (χ0) is 33.8. The number of benzene rings is 1. The van der Waals surface area contributed by atoms with Crippen LogP contribution in [0.1, 0.15) is 39.1 Å². The van der Waals surface area contributed by atoms with E-state index in [1.54, 1.807) is 0 Å². The minimum absolute atomic E-state index is 0.0202. The molecule has 1 aromatic carbocycles. The van der Waals surface area contributed by atoms with Crippen LogP contribution in [0.15, 0.2) is 23.3 Å². The molecule has 2 heterocycles. The highest BCUT2D eigenvalue weighted by molar-refractivity contribution is 6.00. The van der Waals surface area contributed by atoms with Gasteiger partial charge in [-0.15, -0.1) is 0 Å². The predicted octanol–water partition coefficient (Wildman–Crippen LogP) is -3.63. The van der Waals surface area contributed by atoms with Crippen LogP contribution < -0.4 is 10.6 Å². The number of nitrogens with one attached hydrogen (secondary N) is 2. The Morgan fingerprint density at radius 3 is 1.57 bits per heavy atom. The maximum absolute atomic E-state index is 12.8. The lowest BCUT2D eigenvalue weighted by atomic mass is 9.99. The number of azide groups is 1. The Hall–Kier alpha value is -3.01. The highest BCUT2D eigenvalue weighted by atomic mass is 16.7. The fraction of sp³-hybridized carbons (Fsp3) is 0.704. The van der Waals surface area contributed by atoms with Gasteiger partial charge in [-0.3, -0.25) is 9.59 Å². The number of amides is 2. The largest absolute Gasteiger partial charge is 0.394 e. The molecule has 10 N–H and O–H groups in total. The Labute approximate surface area is 262 Å². The zero-order valence-corrected chi connectivity index (χ0v) is 24.7. The molecule has 0 aliphatic carbocycles. The lowest BCUT2D eigenvalue weighted by Gasteiger charge is -2.39. The summed E-state index contributed by atoms with van der Waals surface area (Å²) in [5, 5.41) is 86.8. The molecule has 0 spiro atoms. The Balaban J connectivity index is 1.48. The van der Waals surface area contributed by atoms with E-state index in [4.69, 9.17) is 24.5 Å². The molecule has 1 aromatic rings. The molecule has 0 radical (unpaired) electrons. The first-order chi connectivity index (χ1) is 22.0. The molecule has 3 rings (SSSR count). The van der Waals surface area contributed by atoms with Crippen LogP contribution in [0.4, 0.5) is 0 Å². The Kier molecular flexibility index (Phi) is 14.9. The molecular formula is C27H41N5O14. The van der Waals surface area contributed by atoms with E-state index >= 15 is 0 Å². The molecule has 10 atom stereocenters. The van der Waals surface area contributed by atoms with Crippen molar-refractivity contribution < 1.29 is 69.4 Å². The van der Waals surface area contributed by atoms with E-state index < -0.39 is 86.4 Å². The van der Waals surface area contributed by atoms with Crippen molar-refractivity contribution in [2.75, 3.05) is 39.5 Å². The van der Waals surface area contributed by atoms with Gasteiger partial charge in [-0.2, -0.15) is 0 Å². The molecule has 2 aliphatic rings. The first-order valence-electron chi connectivity index (χ1n) is 14.6. The smallest absolute Gasteiger partial charge is 0.251 e. The van der Waals surface area contributed by atoms with E-state index in [9.17, 15) is 50.4 Å². The second-order valence-corrected chi connectivity index (χ2v) is 10.7. The molecule has 2 amide bonds. The van der Waals surface area contributed by atoms with Gasteiger partial charge in [0.1, 0.15) is 48.8 Å². The van der Waals surface area contributed by atoms with Gasteiger partial charge in [-0.05, 0) is 42.1 Å². The highest BCUT2D eigenvalue weighted by Crippen LogP contribution is 2.23. The Bertz CT molecular complexity index is 1110. The van der Waals surface area contributed by atoms with Crippen molar-refractivity contribution in [2.45, 2.75) is 80.8 Å². The quantitative estimate of drug-likeness (QED) is 0.0355. The average Bonchev–Trinajstić information content (AvgIpc) is 3.06. The van der Waals surface area contributed by atoms with E-state index in [1.165, 1.54) is 18.2 Å². The SMILES string of the molecule is [N-]=[N+]=NCc1cc(C(=O)NCCCO[C@H]2O[C@H](CO)[C@@H](O)[C@H](O)[C@@H]2O)cc(C(=O)NCCCO[C@H]2O[C@H](CO)[C@@H](O)[C@H](O)[C@@H]2O)c1. The van der Waals surface area contributed by atoms with Crippen molar-refractivity contribution >= 4 is 11.8 Å². The van der Waals surface area contributed by atoms with E-state index in [0.29, 0.717) is 5.56 Å². The summed E-state index contributed by atoms with van der Waals surface area (Å²) in [5.74, 6) is -1.09. The van der Waals surface area contributed by atoms with Crippen LogP contribution in [-0.4, -0.2) is 154 Å². The van der Waals surface area contributed by atoms with Crippen molar-refractivity contribution in [3.8, 4) is 0 Å². The van der Waals surface area contributed by atoms with Gasteiger partial charge in [0.15, 0.2) is 12.6 Å². The van der Waals surface area contributed by atoms with Crippen LogP contribution in [0.25, 0.3) is 10.4 Å². The Morgan fingerprint density at radius 2 is 1.17 bits per heavy atom. The number of aliphatic hydroxyl groups excluding tert-OH is 8. The molecule has 258 valence electrons. The van der Waals surface area contributed by atoms with E-state index in [0.717, 1.165) is 0 Å². The van der Waals surface area contributed by atoms with E-state index in [2.05, 4.69) is 20.7 Å². The molecule has 2 saturated heterocycles. The third-order valence-electron chi connectivity index (χ3n) is 7.31. The normalized spacial score (nSPS) is 31.1. The summed E-state index contributed by atoms with van der Waals surface area (Å²) in [6, 6.07) is 4.26. The lowest BCUT2D eigenvalue weighted by molar-refractivity contribution is -0.301. The van der Waals surface area contributed by atoms with Crippen molar-refractivity contribution in [3.05, 3.63) is 45.3 Å². The molecule has 46 heavy (non-hydrogen) atoms. The fourth-order valence-corrected chi connectivity index (χ4v) is 4.72. The van der Waals surface area contributed by atoms with Crippen molar-refractivity contribution in [1.29, 1.82) is 0 Å².